The summed E-state index contributed by atoms with van der Waals surface area (Å²) in [7, 11) is 0. The van der Waals surface area contributed by atoms with E-state index in [4.69, 9.17) is 15.5 Å². The fraction of sp³-hybridized carbons (Fsp3) is 0.581. The van der Waals surface area contributed by atoms with Gasteiger partial charge in [0.25, 0.3) is 0 Å². The van der Waals surface area contributed by atoms with Gasteiger partial charge in [-0.1, -0.05) is 26.8 Å². The van der Waals surface area contributed by atoms with Gasteiger partial charge in [0.1, 0.15) is 36.0 Å². The minimum atomic E-state index is -1.05. The molecule has 1 saturated heterocycles. The van der Waals surface area contributed by atoms with Crippen LogP contribution in [-0.4, -0.2) is 77.0 Å². The molecule has 1 aliphatic carbocycles. The van der Waals surface area contributed by atoms with Crippen molar-refractivity contribution in [3.05, 3.63) is 47.7 Å². The van der Waals surface area contributed by atoms with Crippen LogP contribution < -0.4 is 5.73 Å². The van der Waals surface area contributed by atoms with Crippen LogP contribution in [0.2, 0.25) is 0 Å². The Bertz CT molecular complexity index is 1520. The van der Waals surface area contributed by atoms with Crippen LogP contribution in [0.1, 0.15) is 76.9 Å². The normalized spacial score (nSPS) is 27.0. The zero-order chi connectivity index (χ0) is 29.1. The number of aromatic nitrogens is 5. The number of aryl methyl sites for hydroxylation is 1. The number of nitrogens with one attached hydrogen (secondary N) is 2. The van der Waals surface area contributed by atoms with Gasteiger partial charge in [-0.2, -0.15) is 0 Å². The van der Waals surface area contributed by atoms with E-state index in [9.17, 15) is 10.2 Å². The van der Waals surface area contributed by atoms with Crippen LogP contribution in [0.5, 0.6) is 0 Å². The SMILES string of the molecule is CC(C)N(C[C@H]1O[C@@H](c2c[nH]c3c(N)ncnc23)[C@H](O)[C@@H]1O)C1CC(CCc2nc3ccc(C(C)(C)C)cc3[nH]2)C1. The van der Waals surface area contributed by atoms with E-state index in [1.165, 1.54) is 11.9 Å². The first kappa shape index (κ1) is 28.1. The van der Waals surface area contributed by atoms with Crippen LogP contribution in [-0.2, 0) is 16.6 Å². The van der Waals surface area contributed by atoms with E-state index in [2.05, 4.69) is 77.7 Å². The summed E-state index contributed by atoms with van der Waals surface area (Å²) in [5.74, 6) is 2.04. The lowest BCUT2D eigenvalue weighted by Gasteiger charge is -2.46. The van der Waals surface area contributed by atoms with Gasteiger partial charge in [-0.05, 0) is 62.1 Å². The number of aliphatic hydroxyl groups is 2. The highest BCUT2D eigenvalue weighted by Crippen LogP contribution is 2.40. The third-order valence-corrected chi connectivity index (χ3v) is 9.11. The van der Waals surface area contributed by atoms with E-state index >= 15 is 0 Å². The van der Waals surface area contributed by atoms with E-state index in [0.29, 0.717) is 47.0 Å². The minimum absolute atomic E-state index is 0.112. The minimum Gasteiger partial charge on any atom is -0.388 e. The van der Waals surface area contributed by atoms with Crippen LogP contribution >= 0.6 is 0 Å². The largest absolute Gasteiger partial charge is 0.388 e. The average Bonchev–Trinajstić information content (AvgIpc) is 3.58. The molecule has 4 atom stereocenters. The maximum Gasteiger partial charge on any atom is 0.151 e. The molecule has 1 saturated carbocycles. The van der Waals surface area contributed by atoms with Gasteiger partial charge < -0.3 is 30.7 Å². The molecule has 1 aliphatic heterocycles. The first-order chi connectivity index (χ1) is 19.5. The number of fused-ring (bicyclic) bond motifs is 2. The standard InChI is InChI=1S/C31H43N7O3/c1-16(2)38(14-23-27(39)28(40)29(41-23)20-13-33-26-25(20)34-15-35-30(26)32)19-10-17(11-19)6-9-24-36-21-8-7-18(31(3,4)5)12-22(21)37-24/h7-8,12-13,15-17,19,23,27-29,33,39-40H,6,9-11,14H2,1-5H3,(H,36,37)(H2,32,34,35)/t17?,19?,23-,27-,28-,29+/m1/s1. The summed E-state index contributed by atoms with van der Waals surface area (Å²) in [6.07, 6.45) is 4.16. The number of H-pyrrole nitrogens is 2. The fourth-order valence-corrected chi connectivity index (χ4v) is 6.54. The van der Waals surface area contributed by atoms with Crippen LogP contribution in [0.15, 0.2) is 30.7 Å². The second-order valence-electron chi connectivity index (χ2n) is 13.3. The van der Waals surface area contributed by atoms with E-state index in [-0.39, 0.29) is 5.41 Å². The summed E-state index contributed by atoms with van der Waals surface area (Å²) in [6, 6.07) is 7.26. The molecule has 6 N–H and O–H groups in total. The first-order valence-corrected chi connectivity index (χ1v) is 14.8. The van der Waals surface area contributed by atoms with Crippen molar-refractivity contribution in [3.8, 4) is 0 Å². The molecule has 0 bridgehead atoms. The first-order valence-electron chi connectivity index (χ1n) is 14.8. The van der Waals surface area contributed by atoms with Crippen LogP contribution in [0, 0.1) is 5.92 Å². The zero-order valence-electron chi connectivity index (χ0n) is 24.6. The van der Waals surface area contributed by atoms with Gasteiger partial charge in [0.2, 0.25) is 0 Å². The predicted molar refractivity (Wildman–Crippen MR) is 159 cm³/mol. The van der Waals surface area contributed by atoms with Gasteiger partial charge in [0, 0.05) is 36.8 Å². The number of anilines is 1. The maximum atomic E-state index is 11.0. The van der Waals surface area contributed by atoms with Gasteiger partial charge >= 0.3 is 0 Å². The lowest BCUT2D eigenvalue weighted by atomic mass is 9.76. The highest BCUT2D eigenvalue weighted by molar-refractivity contribution is 5.87. The summed E-state index contributed by atoms with van der Waals surface area (Å²) in [4.78, 5) is 22.2. The Labute approximate surface area is 240 Å². The van der Waals surface area contributed by atoms with Gasteiger partial charge in [-0.3, -0.25) is 4.90 Å². The zero-order valence-corrected chi connectivity index (χ0v) is 24.6. The summed E-state index contributed by atoms with van der Waals surface area (Å²) in [6.45, 7) is 11.6. The van der Waals surface area contributed by atoms with Crippen molar-refractivity contribution in [1.82, 2.24) is 29.8 Å². The molecule has 41 heavy (non-hydrogen) atoms. The molecule has 0 spiro atoms. The molecule has 0 radical (unpaired) electrons. The Hall–Kier alpha value is -3.05. The third-order valence-electron chi connectivity index (χ3n) is 9.11. The number of nitrogens with two attached hydrogens (primary N) is 1. The Morgan fingerprint density at radius 3 is 2.66 bits per heavy atom. The fourth-order valence-electron chi connectivity index (χ4n) is 6.54. The Balaban J connectivity index is 1.06. The van der Waals surface area contributed by atoms with E-state index in [1.807, 2.05) is 0 Å². The molecule has 2 fully saturated rings. The van der Waals surface area contributed by atoms with Crippen molar-refractivity contribution in [2.45, 2.75) is 102 Å². The third kappa shape index (κ3) is 5.34. The van der Waals surface area contributed by atoms with Gasteiger partial charge in [0.15, 0.2) is 5.82 Å². The molecule has 0 unspecified atom stereocenters. The smallest absolute Gasteiger partial charge is 0.151 e. The summed E-state index contributed by atoms with van der Waals surface area (Å²) in [5, 5.41) is 21.9. The Morgan fingerprint density at radius 1 is 1.15 bits per heavy atom. The van der Waals surface area contributed by atoms with Gasteiger partial charge in [-0.15, -0.1) is 0 Å². The Kier molecular flexibility index (Phi) is 7.30. The molecular weight excluding hydrogens is 518 g/mol. The average molecular weight is 562 g/mol. The molecule has 1 aromatic carbocycles. The second-order valence-corrected chi connectivity index (χ2v) is 13.3. The van der Waals surface area contributed by atoms with Crippen molar-refractivity contribution in [3.63, 3.8) is 0 Å². The number of aromatic amines is 2. The highest BCUT2D eigenvalue weighted by atomic mass is 16.5. The summed E-state index contributed by atoms with van der Waals surface area (Å²) >= 11 is 0. The molecule has 220 valence electrons. The lowest BCUT2D eigenvalue weighted by Crippen LogP contribution is -2.52. The van der Waals surface area contributed by atoms with E-state index < -0.39 is 24.4 Å². The highest BCUT2D eigenvalue weighted by Gasteiger charge is 2.46. The number of hydrogen-bond donors (Lipinski definition) is 5. The van der Waals surface area contributed by atoms with Crippen LogP contribution in [0.3, 0.4) is 0 Å². The maximum absolute atomic E-state index is 11.0. The number of ether oxygens (including phenoxy) is 1. The van der Waals surface area contributed by atoms with Crippen molar-refractivity contribution < 1.29 is 14.9 Å². The van der Waals surface area contributed by atoms with Crippen LogP contribution in [0.25, 0.3) is 22.1 Å². The number of hydrogen-bond acceptors (Lipinski definition) is 8. The molecule has 3 aromatic heterocycles. The molecule has 0 amide bonds. The Morgan fingerprint density at radius 2 is 1.93 bits per heavy atom. The van der Waals surface area contributed by atoms with Gasteiger partial charge in [0.05, 0.1) is 22.7 Å². The summed E-state index contributed by atoms with van der Waals surface area (Å²) < 4.78 is 6.29. The molecule has 10 nitrogen and oxygen atoms in total. The second kappa shape index (κ2) is 10.7. The lowest BCUT2D eigenvalue weighted by molar-refractivity contribution is -0.0433. The molecule has 6 rings (SSSR count). The number of nitrogen functional groups attached to an aromatic ring is 1. The monoisotopic (exact) mass is 561 g/mol. The quantitative estimate of drug-likeness (QED) is 0.217. The summed E-state index contributed by atoms with van der Waals surface area (Å²) in [5.41, 5.74) is 11.4. The van der Waals surface area contributed by atoms with Crippen molar-refractivity contribution in [2.75, 3.05) is 12.3 Å². The molecule has 10 heteroatoms. The molecule has 2 aliphatic rings. The molecule has 4 aromatic rings. The molecular formula is C31H43N7O3. The number of benzene rings is 1. The van der Waals surface area contributed by atoms with Crippen LogP contribution in [0.4, 0.5) is 5.82 Å². The number of nitrogens with zero attached hydrogens (tertiary/aromatic N) is 4. The predicted octanol–water partition coefficient (Wildman–Crippen LogP) is 4.00. The van der Waals surface area contributed by atoms with Gasteiger partial charge in [-0.25, -0.2) is 15.0 Å². The molecule has 4 heterocycles. The number of imidazole rings is 1. The van der Waals surface area contributed by atoms with Crippen molar-refractivity contribution in [2.24, 2.45) is 5.92 Å². The topological polar surface area (TPSA) is 149 Å². The number of rotatable bonds is 8. The van der Waals surface area contributed by atoms with Crippen molar-refractivity contribution in [1.29, 1.82) is 0 Å². The number of aliphatic hydroxyl groups excluding tert-OH is 2. The van der Waals surface area contributed by atoms with E-state index in [0.717, 1.165) is 42.5 Å². The van der Waals surface area contributed by atoms with Crippen molar-refractivity contribution >= 4 is 27.9 Å². The van der Waals surface area contributed by atoms with E-state index in [1.54, 1.807) is 6.20 Å².